The molecule has 0 amide bonds. The van der Waals surface area contributed by atoms with E-state index < -0.39 is 5.82 Å². The molecule has 33 heavy (non-hydrogen) atoms. The Balaban J connectivity index is 1.41. The van der Waals surface area contributed by atoms with Gasteiger partial charge in [0, 0.05) is 36.9 Å². The molecule has 3 fully saturated rings. The van der Waals surface area contributed by atoms with Gasteiger partial charge in [0.2, 0.25) is 0 Å². The summed E-state index contributed by atoms with van der Waals surface area (Å²) in [4.78, 5) is 15.7. The summed E-state index contributed by atoms with van der Waals surface area (Å²) >= 11 is 0. The van der Waals surface area contributed by atoms with Crippen molar-refractivity contribution in [2.75, 3.05) is 25.1 Å². The quantitative estimate of drug-likeness (QED) is 0.502. The van der Waals surface area contributed by atoms with Gasteiger partial charge in [-0.05, 0) is 41.2 Å². The van der Waals surface area contributed by atoms with Crippen LogP contribution in [0, 0.1) is 17.7 Å². The molecule has 2 aromatic heterocycles. The van der Waals surface area contributed by atoms with E-state index in [1.165, 1.54) is 13.5 Å². The number of anilines is 1. The zero-order valence-corrected chi connectivity index (χ0v) is 18.0. The third-order valence-corrected chi connectivity index (χ3v) is 7.41. The fourth-order valence-electron chi connectivity index (χ4n) is 5.81. The number of benzene rings is 2. The number of pyridine rings is 1. The highest BCUT2D eigenvalue weighted by atomic mass is 19.1. The summed E-state index contributed by atoms with van der Waals surface area (Å²) in [5, 5.41) is 16.1. The molecule has 2 aromatic carbocycles. The minimum Gasteiger partial charge on any atom is -0.508 e. The van der Waals surface area contributed by atoms with Gasteiger partial charge in [-0.3, -0.25) is 4.98 Å². The molecule has 4 atom stereocenters. The van der Waals surface area contributed by atoms with E-state index in [-0.39, 0.29) is 23.0 Å². The van der Waals surface area contributed by atoms with Crippen LogP contribution < -0.4 is 15.0 Å². The average Bonchev–Trinajstić information content (AvgIpc) is 3.60. The summed E-state index contributed by atoms with van der Waals surface area (Å²) in [7, 11) is 1.49. The van der Waals surface area contributed by atoms with E-state index in [0.717, 1.165) is 35.7 Å². The van der Waals surface area contributed by atoms with Crippen LogP contribution in [0.3, 0.4) is 0 Å². The molecule has 0 radical (unpaired) electrons. The number of ether oxygens (including phenoxy) is 1. The smallest absolute Gasteiger partial charge is 0.318 e. The molecular formula is C25H22FN5O2. The molecule has 166 valence electrons. The summed E-state index contributed by atoms with van der Waals surface area (Å²) in [5.74, 6) is 1.66. The van der Waals surface area contributed by atoms with Gasteiger partial charge in [0.05, 0.1) is 12.5 Å². The Morgan fingerprint density at radius 2 is 1.88 bits per heavy atom. The number of aromatic hydroxyl groups is 1. The zero-order chi connectivity index (χ0) is 22.3. The maximum absolute atomic E-state index is 16.0. The van der Waals surface area contributed by atoms with Gasteiger partial charge in [-0.1, -0.05) is 24.3 Å². The highest BCUT2D eigenvalue weighted by molar-refractivity contribution is 5.99. The molecule has 7 rings (SSSR count). The van der Waals surface area contributed by atoms with E-state index in [1.54, 1.807) is 18.3 Å². The summed E-state index contributed by atoms with van der Waals surface area (Å²) in [6, 6.07) is 11.8. The van der Waals surface area contributed by atoms with E-state index >= 15 is 4.39 Å². The number of nitrogens with zero attached hydrogens (tertiary/aromatic N) is 4. The highest BCUT2D eigenvalue weighted by Gasteiger charge is 2.57. The Labute approximate surface area is 189 Å². The van der Waals surface area contributed by atoms with Gasteiger partial charge in [-0.25, -0.2) is 4.39 Å². The summed E-state index contributed by atoms with van der Waals surface area (Å²) in [6.45, 7) is 1.65. The van der Waals surface area contributed by atoms with Crippen molar-refractivity contribution >= 4 is 27.5 Å². The molecule has 8 heteroatoms. The van der Waals surface area contributed by atoms with Crippen molar-refractivity contribution in [1.29, 1.82) is 0 Å². The Morgan fingerprint density at radius 1 is 1.09 bits per heavy atom. The minimum absolute atomic E-state index is 0.0563. The molecule has 2 saturated heterocycles. The van der Waals surface area contributed by atoms with Gasteiger partial charge in [0.15, 0.2) is 5.82 Å². The third kappa shape index (κ3) is 2.80. The largest absolute Gasteiger partial charge is 0.508 e. The second-order valence-electron chi connectivity index (χ2n) is 9.28. The van der Waals surface area contributed by atoms with Gasteiger partial charge in [-0.15, -0.1) is 0 Å². The summed E-state index contributed by atoms with van der Waals surface area (Å²) < 4.78 is 21.3. The number of phenolic OH excluding ortho intramolecular Hbond substituents is 1. The van der Waals surface area contributed by atoms with E-state index in [4.69, 9.17) is 4.74 Å². The van der Waals surface area contributed by atoms with Crippen LogP contribution in [0.1, 0.15) is 6.42 Å². The van der Waals surface area contributed by atoms with Crippen LogP contribution in [-0.4, -0.2) is 52.3 Å². The number of methoxy groups -OCH3 is 1. The maximum atomic E-state index is 16.0. The molecule has 1 aliphatic carbocycles. The first-order chi connectivity index (χ1) is 16.1. The predicted octanol–water partition coefficient (Wildman–Crippen LogP) is 3.49. The number of halogens is 1. The Morgan fingerprint density at radius 3 is 2.67 bits per heavy atom. The Hall–Kier alpha value is -3.52. The predicted molar refractivity (Wildman–Crippen MR) is 123 cm³/mol. The van der Waals surface area contributed by atoms with Crippen molar-refractivity contribution in [2.45, 2.75) is 18.5 Å². The topological polar surface area (TPSA) is 83.4 Å². The Bertz CT molecular complexity index is 1430. The number of aromatic nitrogens is 3. The molecule has 4 unspecified atom stereocenters. The van der Waals surface area contributed by atoms with E-state index in [1.807, 2.05) is 24.3 Å². The van der Waals surface area contributed by atoms with Crippen molar-refractivity contribution in [3.05, 3.63) is 48.4 Å². The molecule has 4 heterocycles. The molecule has 7 nitrogen and oxygen atoms in total. The molecule has 2 bridgehead atoms. The van der Waals surface area contributed by atoms with Crippen LogP contribution in [0.2, 0.25) is 0 Å². The lowest BCUT2D eigenvalue weighted by Crippen LogP contribution is -2.54. The van der Waals surface area contributed by atoms with Crippen molar-refractivity contribution in [1.82, 2.24) is 20.3 Å². The Kier molecular flexibility index (Phi) is 3.88. The second kappa shape index (κ2) is 6.74. The molecule has 4 aromatic rings. The lowest BCUT2D eigenvalue weighted by atomic mass is 10.00. The van der Waals surface area contributed by atoms with Crippen molar-refractivity contribution in [2.24, 2.45) is 11.8 Å². The number of rotatable bonds is 3. The van der Waals surface area contributed by atoms with Gasteiger partial charge in [0.1, 0.15) is 22.8 Å². The molecule has 2 aliphatic heterocycles. The van der Waals surface area contributed by atoms with Gasteiger partial charge in [-0.2, -0.15) is 9.97 Å². The first kappa shape index (κ1) is 19.0. The van der Waals surface area contributed by atoms with Gasteiger partial charge < -0.3 is 20.1 Å². The summed E-state index contributed by atoms with van der Waals surface area (Å²) in [6.07, 6.45) is 2.95. The van der Waals surface area contributed by atoms with Crippen LogP contribution >= 0.6 is 0 Å². The first-order valence-corrected chi connectivity index (χ1v) is 11.2. The second-order valence-corrected chi connectivity index (χ2v) is 9.28. The highest BCUT2D eigenvalue weighted by Crippen LogP contribution is 2.51. The first-order valence-electron chi connectivity index (χ1n) is 11.2. The molecule has 0 spiro atoms. The lowest BCUT2D eigenvalue weighted by molar-refractivity contribution is 0.377. The minimum atomic E-state index is -0.550. The maximum Gasteiger partial charge on any atom is 0.318 e. The monoisotopic (exact) mass is 443 g/mol. The number of piperidine rings is 1. The number of hydrogen-bond donors (Lipinski definition) is 2. The zero-order valence-electron chi connectivity index (χ0n) is 18.0. The van der Waals surface area contributed by atoms with Gasteiger partial charge in [0.25, 0.3) is 0 Å². The standard InChI is InChI=1S/C25H22FN5O2/c1-33-25-29-23-18(24(30-25)31-10-19-15-8-16(15)20(11-31)28-19)9-27-22(21(23)26)17-7-13(32)6-12-4-2-3-5-14(12)17/h2-7,9,15-16,19-20,28,32H,8,10-11H2,1H3. The molecule has 1 saturated carbocycles. The van der Waals surface area contributed by atoms with Crippen LogP contribution in [-0.2, 0) is 0 Å². The van der Waals surface area contributed by atoms with Crippen molar-refractivity contribution in [3.63, 3.8) is 0 Å². The van der Waals surface area contributed by atoms with Crippen molar-refractivity contribution < 1.29 is 14.2 Å². The average molecular weight is 443 g/mol. The van der Waals surface area contributed by atoms with Crippen LogP contribution in [0.15, 0.2) is 42.6 Å². The summed E-state index contributed by atoms with van der Waals surface area (Å²) in [5.41, 5.74) is 0.831. The number of piperazine rings is 1. The molecule has 2 N–H and O–H groups in total. The number of hydrogen-bond acceptors (Lipinski definition) is 7. The van der Waals surface area contributed by atoms with Crippen LogP contribution in [0.4, 0.5) is 10.2 Å². The lowest BCUT2D eigenvalue weighted by Gasteiger charge is -2.36. The SMILES string of the molecule is COc1nc(N2CC3NC(C2)C2CC32)c2cnc(-c3cc(O)cc4ccccc34)c(F)c2n1. The van der Waals surface area contributed by atoms with Crippen molar-refractivity contribution in [3.8, 4) is 23.0 Å². The normalized spacial score (nSPS) is 25.5. The third-order valence-electron chi connectivity index (χ3n) is 7.41. The fraction of sp³-hybridized carbons (Fsp3) is 0.320. The number of nitrogens with one attached hydrogen (secondary N) is 1. The molecule has 3 aliphatic rings. The van der Waals surface area contributed by atoms with Crippen LogP contribution in [0.25, 0.3) is 32.9 Å². The fourth-order valence-corrected chi connectivity index (χ4v) is 5.81. The van der Waals surface area contributed by atoms with E-state index in [9.17, 15) is 5.11 Å². The number of fused-ring (bicyclic) bond motifs is 7. The van der Waals surface area contributed by atoms with Crippen LogP contribution in [0.5, 0.6) is 11.8 Å². The van der Waals surface area contributed by atoms with Gasteiger partial charge >= 0.3 is 6.01 Å². The number of phenols is 1. The molecular weight excluding hydrogens is 421 g/mol. The van der Waals surface area contributed by atoms with E-state index in [0.29, 0.717) is 28.9 Å². The van der Waals surface area contributed by atoms with E-state index in [2.05, 4.69) is 25.2 Å².